The number of carbonyl (C=O) groups excluding carboxylic acids is 1. The molecule has 0 saturated heterocycles. The van der Waals surface area contributed by atoms with Crippen molar-refractivity contribution in [1.82, 2.24) is 10.3 Å². The molecular formula is C15H23ClN2O2S. The van der Waals surface area contributed by atoms with Gasteiger partial charge in [0.15, 0.2) is 0 Å². The summed E-state index contributed by atoms with van der Waals surface area (Å²) >= 11 is 7.53. The van der Waals surface area contributed by atoms with E-state index in [0.29, 0.717) is 16.5 Å². The number of rotatable bonds is 5. The highest BCUT2D eigenvalue weighted by atomic mass is 35.5. The average molecular weight is 331 g/mol. The number of nitrogens with zero attached hydrogens (tertiary/aromatic N) is 1. The molecule has 0 aliphatic rings. The maximum atomic E-state index is 12.2. The van der Waals surface area contributed by atoms with Gasteiger partial charge >= 0.3 is 0 Å². The molecule has 118 valence electrons. The summed E-state index contributed by atoms with van der Waals surface area (Å²) in [5.41, 5.74) is 0.0964. The van der Waals surface area contributed by atoms with Crippen LogP contribution in [-0.2, 0) is 5.41 Å². The topological polar surface area (TPSA) is 62.2 Å². The number of pyridine rings is 1. The predicted octanol–water partition coefficient (Wildman–Crippen LogP) is 2.88. The van der Waals surface area contributed by atoms with Crippen LogP contribution >= 0.6 is 23.4 Å². The van der Waals surface area contributed by atoms with E-state index in [1.807, 2.05) is 27.0 Å². The Labute approximate surface area is 135 Å². The quantitative estimate of drug-likeness (QED) is 0.815. The minimum Gasteiger partial charge on any atom is -0.387 e. The molecule has 0 spiro atoms. The van der Waals surface area contributed by atoms with Crippen LogP contribution in [0.25, 0.3) is 0 Å². The van der Waals surface area contributed by atoms with Gasteiger partial charge in [-0.1, -0.05) is 32.4 Å². The smallest absolute Gasteiger partial charge is 0.251 e. The van der Waals surface area contributed by atoms with Gasteiger partial charge in [-0.05, 0) is 25.3 Å². The van der Waals surface area contributed by atoms with Crippen LogP contribution in [0, 0.1) is 0 Å². The van der Waals surface area contributed by atoms with Crippen LogP contribution in [0.4, 0.5) is 0 Å². The molecule has 0 radical (unpaired) electrons. The Morgan fingerprint density at radius 2 is 2.00 bits per heavy atom. The first-order chi connectivity index (χ1) is 9.55. The Kier molecular flexibility index (Phi) is 6.08. The normalized spacial score (nSPS) is 14.6. The molecule has 0 aromatic carbocycles. The van der Waals surface area contributed by atoms with Crippen molar-refractivity contribution in [3.8, 4) is 0 Å². The van der Waals surface area contributed by atoms with Crippen LogP contribution in [-0.4, -0.2) is 40.2 Å². The number of hydrogen-bond acceptors (Lipinski definition) is 4. The van der Waals surface area contributed by atoms with E-state index in [1.165, 1.54) is 17.8 Å². The Bertz CT molecular complexity index is 513. The number of carbonyl (C=O) groups is 1. The van der Waals surface area contributed by atoms with E-state index in [4.69, 9.17) is 11.6 Å². The van der Waals surface area contributed by atoms with Crippen LogP contribution in [0.15, 0.2) is 12.1 Å². The van der Waals surface area contributed by atoms with Crippen LogP contribution in [0.5, 0.6) is 0 Å². The highest BCUT2D eigenvalue weighted by molar-refractivity contribution is 7.98. The summed E-state index contributed by atoms with van der Waals surface area (Å²) in [7, 11) is 0. The Balaban J connectivity index is 2.86. The lowest BCUT2D eigenvalue weighted by Crippen LogP contribution is -2.42. The molecule has 1 atom stereocenters. The number of aliphatic hydroxyl groups is 1. The largest absolute Gasteiger partial charge is 0.387 e. The Morgan fingerprint density at radius 3 is 2.52 bits per heavy atom. The number of aromatic nitrogens is 1. The number of thioether (sulfide) groups is 1. The standard InChI is InChI=1S/C15H23ClN2O2S/c1-14(2,3)11-6-10(7-12(16)18-11)13(19)17-8-15(4,20)9-21-5/h6-7,20H,8-9H2,1-5H3,(H,17,19). The summed E-state index contributed by atoms with van der Waals surface area (Å²) in [5, 5.41) is 13.1. The summed E-state index contributed by atoms with van der Waals surface area (Å²) in [4.78, 5) is 16.5. The van der Waals surface area contributed by atoms with Gasteiger partial charge in [0.25, 0.3) is 5.91 Å². The first-order valence-corrected chi connectivity index (χ1v) is 8.50. The summed E-state index contributed by atoms with van der Waals surface area (Å²) < 4.78 is 0. The van der Waals surface area contributed by atoms with Gasteiger partial charge in [-0.2, -0.15) is 11.8 Å². The van der Waals surface area contributed by atoms with E-state index in [-0.39, 0.29) is 17.9 Å². The van der Waals surface area contributed by atoms with E-state index in [9.17, 15) is 9.90 Å². The van der Waals surface area contributed by atoms with E-state index in [1.54, 1.807) is 13.0 Å². The molecule has 1 aromatic rings. The van der Waals surface area contributed by atoms with Crippen molar-refractivity contribution in [1.29, 1.82) is 0 Å². The number of halogens is 1. The van der Waals surface area contributed by atoms with E-state index in [2.05, 4.69) is 10.3 Å². The van der Waals surface area contributed by atoms with Gasteiger partial charge in [0.05, 0.1) is 5.60 Å². The second kappa shape index (κ2) is 6.99. The minimum atomic E-state index is -0.932. The molecule has 1 amide bonds. The highest BCUT2D eigenvalue weighted by Gasteiger charge is 2.22. The average Bonchev–Trinajstić information content (AvgIpc) is 2.34. The van der Waals surface area contributed by atoms with Crippen LogP contribution < -0.4 is 5.32 Å². The SMILES string of the molecule is CSCC(C)(O)CNC(=O)c1cc(Cl)nc(C(C)(C)C)c1. The summed E-state index contributed by atoms with van der Waals surface area (Å²) in [6.07, 6.45) is 1.91. The molecule has 21 heavy (non-hydrogen) atoms. The van der Waals surface area contributed by atoms with Crippen molar-refractivity contribution in [2.75, 3.05) is 18.6 Å². The molecule has 6 heteroatoms. The molecule has 4 nitrogen and oxygen atoms in total. The highest BCUT2D eigenvalue weighted by Crippen LogP contribution is 2.23. The summed E-state index contributed by atoms with van der Waals surface area (Å²) in [5.74, 6) is 0.295. The second-order valence-corrected chi connectivity index (χ2v) is 7.68. The van der Waals surface area contributed by atoms with Crippen molar-refractivity contribution in [2.45, 2.75) is 38.7 Å². The van der Waals surface area contributed by atoms with E-state index in [0.717, 1.165) is 5.69 Å². The molecule has 0 aliphatic carbocycles. The maximum absolute atomic E-state index is 12.2. The lowest BCUT2D eigenvalue weighted by atomic mass is 9.91. The minimum absolute atomic E-state index is 0.190. The lowest BCUT2D eigenvalue weighted by molar-refractivity contribution is 0.0725. The third-order valence-corrected chi connectivity index (χ3v) is 4.01. The van der Waals surface area contributed by atoms with E-state index < -0.39 is 5.60 Å². The van der Waals surface area contributed by atoms with E-state index >= 15 is 0 Å². The van der Waals surface area contributed by atoms with Crippen LogP contribution in [0.1, 0.15) is 43.7 Å². The van der Waals surface area contributed by atoms with Gasteiger partial charge in [-0.3, -0.25) is 4.79 Å². The Hall–Kier alpha value is -0.780. The fraction of sp³-hybridized carbons (Fsp3) is 0.600. The lowest BCUT2D eigenvalue weighted by Gasteiger charge is -2.23. The van der Waals surface area contributed by atoms with Gasteiger partial charge in [0.2, 0.25) is 0 Å². The first kappa shape index (κ1) is 18.3. The van der Waals surface area contributed by atoms with Crippen LogP contribution in [0.2, 0.25) is 5.15 Å². The Morgan fingerprint density at radius 1 is 1.38 bits per heavy atom. The third-order valence-electron chi connectivity index (χ3n) is 2.91. The molecule has 1 heterocycles. The fourth-order valence-electron chi connectivity index (χ4n) is 1.75. The second-order valence-electron chi connectivity index (χ2n) is 6.43. The summed E-state index contributed by atoms with van der Waals surface area (Å²) in [6, 6.07) is 3.28. The molecule has 1 unspecified atom stereocenters. The number of hydrogen-bond donors (Lipinski definition) is 2. The molecule has 2 N–H and O–H groups in total. The molecule has 0 aliphatic heterocycles. The molecule has 1 aromatic heterocycles. The summed E-state index contributed by atoms with van der Waals surface area (Å²) in [6.45, 7) is 7.92. The monoisotopic (exact) mass is 330 g/mol. The van der Waals surface area contributed by atoms with Crippen molar-refractivity contribution in [3.63, 3.8) is 0 Å². The van der Waals surface area contributed by atoms with Gasteiger partial charge in [-0.25, -0.2) is 4.98 Å². The zero-order chi connectivity index (χ0) is 16.3. The van der Waals surface area contributed by atoms with Gasteiger partial charge in [0, 0.05) is 29.0 Å². The molecule has 0 saturated carbocycles. The van der Waals surface area contributed by atoms with Crippen molar-refractivity contribution in [2.24, 2.45) is 0 Å². The van der Waals surface area contributed by atoms with Gasteiger partial charge < -0.3 is 10.4 Å². The molecule has 1 rings (SSSR count). The van der Waals surface area contributed by atoms with Gasteiger partial charge in [-0.15, -0.1) is 0 Å². The molecular weight excluding hydrogens is 308 g/mol. The van der Waals surface area contributed by atoms with Crippen molar-refractivity contribution < 1.29 is 9.90 Å². The first-order valence-electron chi connectivity index (χ1n) is 6.73. The molecule has 0 fully saturated rings. The van der Waals surface area contributed by atoms with Crippen molar-refractivity contribution >= 4 is 29.3 Å². The van der Waals surface area contributed by atoms with Crippen molar-refractivity contribution in [3.05, 3.63) is 28.5 Å². The maximum Gasteiger partial charge on any atom is 0.251 e. The third kappa shape index (κ3) is 5.85. The number of nitrogens with one attached hydrogen (secondary N) is 1. The fourth-order valence-corrected chi connectivity index (χ4v) is 2.68. The molecule has 0 bridgehead atoms. The van der Waals surface area contributed by atoms with Gasteiger partial charge in [0.1, 0.15) is 5.15 Å². The van der Waals surface area contributed by atoms with Crippen LogP contribution in [0.3, 0.4) is 0 Å². The number of amides is 1. The zero-order valence-corrected chi connectivity index (χ0v) is 14.7. The zero-order valence-electron chi connectivity index (χ0n) is 13.2. The predicted molar refractivity (Wildman–Crippen MR) is 89.3 cm³/mol.